The van der Waals surface area contributed by atoms with Gasteiger partial charge in [0.1, 0.15) is 5.82 Å². The van der Waals surface area contributed by atoms with Gasteiger partial charge in [0, 0.05) is 26.2 Å². The molecule has 1 aromatic carbocycles. The standard InChI is InChI=1S/C17H22N4O2/c1-13-10-16(20(2)19-13)18-17(22)12-21-8-9-23-15(11-21)14-6-4-3-5-7-14/h3-7,10,15H,8-9,11-12H2,1-2H3,(H,18,22). The van der Waals surface area contributed by atoms with Gasteiger partial charge in [0.15, 0.2) is 0 Å². The van der Waals surface area contributed by atoms with Crippen LogP contribution in [-0.2, 0) is 16.6 Å². The van der Waals surface area contributed by atoms with Crippen molar-refractivity contribution in [1.29, 1.82) is 0 Å². The van der Waals surface area contributed by atoms with Crippen molar-refractivity contribution in [2.45, 2.75) is 13.0 Å². The van der Waals surface area contributed by atoms with E-state index < -0.39 is 0 Å². The molecule has 1 unspecified atom stereocenters. The predicted molar refractivity (Wildman–Crippen MR) is 88.1 cm³/mol. The first-order valence-corrected chi connectivity index (χ1v) is 7.81. The van der Waals surface area contributed by atoms with E-state index in [1.807, 2.05) is 38.2 Å². The van der Waals surface area contributed by atoms with Gasteiger partial charge in [-0.1, -0.05) is 30.3 Å². The highest BCUT2D eigenvalue weighted by atomic mass is 16.5. The van der Waals surface area contributed by atoms with Gasteiger partial charge >= 0.3 is 0 Å². The zero-order valence-electron chi connectivity index (χ0n) is 13.5. The Balaban J connectivity index is 1.57. The van der Waals surface area contributed by atoms with Crippen molar-refractivity contribution in [3.63, 3.8) is 0 Å². The van der Waals surface area contributed by atoms with Crippen LogP contribution in [0.2, 0.25) is 0 Å². The Bertz CT molecular complexity index is 668. The van der Waals surface area contributed by atoms with E-state index in [0.29, 0.717) is 13.2 Å². The molecule has 2 heterocycles. The van der Waals surface area contributed by atoms with E-state index in [0.717, 1.165) is 30.2 Å². The zero-order chi connectivity index (χ0) is 16.2. The summed E-state index contributed by atoms with van der Waals surface area (Å²) in [7, 11) is 1.82. The second kappa shape index (κ2) is 6.93. The lowest BCUT2D eigenvalue weighted by Gasteiger charge is -2.32. The summed E-state index contributed by atoms with van der Waals surface area (Å²) >= 11 is 0. The molecular weight excluding hydrogens is 292 g/mol. The first kappa shape index (κ1) is 15.7. The zero-order valence-corrected chi connectivity index (χ0v) is 13.5. The number of hydrogen-bond donors (Lipinski definition) is 1. The number of morpholine rings is 1. The van der Waals surface area contributed by atoms with E-state index in [2.05, 4.69) is 27.4 Å². The molecule has 1 aliphatic heterocycles. The molecule has 3 rings (SSSR count). The van der Waals surface area contributed by atoms with Crippen LogP contribution in [0.1, 0.15) is 17.4 Å². The third-order valence-corrected chi connectivity index (χ3v) is 3.96. The molecule has 1 atom stereocenters. The third-order valence-electron chi connectivity index (χ3n) is 3.96. The maximum Gasteiger partial charge on any atom is 0.239 e. The number of benzene rings is 1. The Hall–Kier alpha value is -2.18. The summed E-state index contributed by atoms with van der Waals surface area (Å²) in [5.74, 6) is 0.696. The summed E-state index contributed by atoms with van der Waals surface area (Å²) in [6, 6.07) is 12.0. The predicted octanol–water partition coefficient (Wildman–Crippen LogP) is 1.74. The molecule has 1 aromatic heterocycles. The molecule has 23 heavy (non-hydrogen) atoms. The van der Waals surface area contributed by atoms with E-state index in [1.54, 1.807) is 4.68 Å². The molecule has 0 saturated carbocycles. The lowest BCUT2D eigenvalue weighted by atomic mass is 10.1. The number of nitrogens with zero attached hydrogens (tertiary/aromatic N) is 3. The van der Waals surface area contributed by atoms with Gasteiger partial charge in [-0.3, -0.25) is 14.4 Å². The second-order valence-electron chi connectivity index (χ2n) is 5.85. The Labute approximate surface area is 136 Å². The molecule has 6 nitrogen and oxygen atoms in total. The molecule has 1 aliphatic rings. The molecular formula is C17H22N4O2. The maximum absolute atomic E-state index is 12.3. The van der Waals surface area contributed by atoms with Crippen LogP contribution >= 0.6 is 0 Å². The van der Waals surface area contributed by atoms with E-state index in [9.17, 15) is 4.79 Å². The molecule has 0 radical (unpaired) electrons. The number of aryl methyl sites for hydroxylation is 2. The van der Waals surface area contributed by atoms with E-state index in [1.165, 1.54) is 0 Å². The van der Waals surface area contributed by atoms with Crippen LogP contribution < -0.4 is 5.32 Å². The quantitative estimate of drug-likeness (QED) is 0.934. The molecule has 1 amide bonds. The van der Waals surface area contributed by atoms with Crippen molar-refractivity contribution < 1.29 is 9.53 Å². The largest absolute Gasteiger partial charge is 0.371 e. The van der Waals surface area contributed by atoms with Gasteiger partial charge in [0.2, 0.25) is 5.91 Å². The van der Waals surface area contributed by atoms with Crippen LogP contribution in [0.3, 0.4) is 0 Å². The van der Waals surface area contributed by atoms with Crippen molar-refractivity contribution in [1.82, 2.24) is 14.7 Å². The summed E-state index contributed by atoms with van der Waals surface area (Å²) in [6.07, 6.45) is 0.0247. The minimum atomic E-state index is -0.0262. The van der Waals surface area contributed by atoms with Crippen molar-refractivity contribution in [3.8, 4) is 0 Å². The lowest BCUT2D eigenvalue weighted by molar-refractivity contribution is -0.119. The molecule has 0 aliphatic carbocycles. The average molecular weight is 314 g/mol. The molecule has 2 aromatic rings. The Morgan fingerprint density at radius 2 is 2.17 bits per heavy atom. The number of ether oxygens (including phenoxy) is 1. The minimum Gasteiger partial charge on any atom is -0.371 e. The smallest absolute Gasteiger partial charge is 0.239 e. The minimum absolute atomic E-state index is 0.0247. The van der Waals surface area contributed by atoms with Crippen LogP contribution in [0.15, 0.2) is 36.4 Å². The number of carbonyl (C=O) groups excluding carboxylic acids is 1. The van der Waals surface area contributed by atoms with Crippen molar-refractivity contribution in [2.24, 2.45) is 7.05 Å². The number of rotatable bonds is 4. The molecule has 1 fully saturated rings. The van der Waals surface area contributed by atoms with Crippen LogP contribution in [-0.4, -0.2) is 46.8 Å². The summed E-state index contributed by atoms with van der Waals surface area (Å²) < 4.78 is 7.51. The van der Waals surface area contributed by atoms with Crippen LogP contribution in [0, 0.1) is 6.92 Å². The van der Waals surface area contributed by atoms with Crippen LogP contribution in [0.25, 0.3) is 0 Å². The monoisotopic (exact) mass is 314 g/mol. The number of hydrogen-bond acceptors (Lipinski definition) is 4. The molecule has 0 bridgehead atoms. The summed E-state index contributed by atoms with van der Waals surface area (Å²) in [5, 5.41) is 7.14. The van der Waals surface area contributed by atoms with Gasteiger partial charge in [-0.25, -0.2) is 0 Å². The van der Waals surface area contributed by atoms with Crippen molar-refractivity contribution >= 4 is 11.7 Å². The summed E-state index contributed by atoms with van der Waals surface area (Å²) in [6.45, 7) is 4.39. The van der Waals surface area contributed by atoms with E-state index >= 15 is 0 Å². The fourth-order valence-corrected chi connectivity index (χ4v) is 2.83. The fourth-order valence-electron chi connectivity index (χ4n) is 2.83. The highest BCUT2D eigenvalue weighted by Gasteiger charge is 2.23. The van der Waals surface area contributed by atoms with Crippen molar-refractivity contribution in [3.05, 3.63) is 47.7 Å². The third kappa shape index (κ3) is 3.97. The van der Waals surface area contributed by atoms with Gasteiger partial charge in [-0.2, -0.15) is 5.10 Å². The van der Waals surface area contributed by atoms with Gasteiger partial charge < -0.3 is 10.1 Å². The average Bonchev–Trinajstić information content (AvgIpc) is 2.86. The molecule has 0 spiro atoms. The molecule has 122 valence electrons. The number of aromatic nitrogens is 2. The Kier molecular flexibility index (Phi) is 4.73. The van der Waals surface area contributed by atoms with E-state index in [-0.39, 0.29) is 12.0 Å². The Morgan fingerprint density at radius 1 is 1.39 bits per heavy atom. The van der Waals surface area contributed by atoms with Gasteiger partial charge in [-0.05, 0) is 12.5 Å². The SMILES string of the molecule is Cc1cc(NC(=O)CN2CCOC(c3ccccc3)C2)n(C)n1. The van der Waals surface area contributed by atoms with Gasteiger partial charge in [0.25, 0.3) is 0 Å². The molecule has 1 saturated heterocycles. The molecule has 6 heteroatoms. The Morgan fingerprint density at radius 3 is 2.87 bits per heavy atom. The van der Waals surface area contributed by atoms with Crippen LogP contribution in [0.5, 0.6) is 0 Å². The van der Waals surface area contributed by atoms with Gasteiger partial charge in [-0.15, -0.1) is 0 Å². The highest BCUT2D eigenvalue weighted by molar-refractivity contribution is 5.91. The van der Waals surface area contributed by atoms with Crippen LogP contribution in [0.4, 0.5) is 5.82 Å². The maximum atomic E-state index is 12.3. The lowest BCUT2D eigenvalue weighted by Crippen LogP contribution is -2.42. The number of amides is 1. The van der Waals surface area contributed by atoms with E-state index in [4.69, 9.17) is 4.74 Å². The molecule has 1 N–H and O–H groups in total. The fraction of sp³-hybridized carbons (Fsp3) is 0.412. The first-order valence-electron chi connectivity index (χ1n) is 7.81. The number of anilines is 1. The highest BCUT2D eigenvalue weighted by Crippen LogP contribution is 2.21. The number of nitrogens with one attached hydrogen (secondary N) is 1. The number of carbonyl (C=O) groups is 1. The summed E-state index contributed by atoms with van der Waals surface area (Å²) in [5.41, 5.74) is 2.04. The second-order valence-corrected chi connectivity index (χ2v) is 5.85. The summed E-state index contributed by atoms with van der Waals surface area (Å²) in [4.78, 5) is 14.4. The van der Waals surface area contributed by atoms with Crippen molar-refractivity contribution in [2.75, 3.05) is 31.6 Å². The normalized spacial score (nSPS) is 18.8. The van der Waals surface area contributed by atoms with Gasteiger partial charge in [0.05, 0.1) is 24.9 Å². The first-order chi connectivity index (χ1) is 11.1. The topological polar surface area (TPSA) is 59.4 Å².